The van der Waals surface area contributed by atoms with E-state index in [9.17, 15) is 8.78 Å². The minimum absolute atomic E-state index is 0.126. The summed E-state index contributed by atoms with van der Waals surface area (Å²) in [6.07, 6.45) is 2.18. The van der Waals surface area contributed by atoms with Gasteiger partial charge in [0.1, 0.15) is 11.5 Å². The largest absolute Gasteiger partial charge is 0.376 e. The van der Waals surface area contributed by atoms with Gasteiger partial charge in [-0.25, -0.2) is 13.8 Å². The fraction of sp³-hybridized carbons (Fsp3) is 0.286. The number of hydrogen-bond acceptors (Lipinski definition) is 3. The molecule has 1 atom stereocenters. The lowest BCUT2D eigenvalue weighted by molar-refractivity contribution is 0.0968. The van der Waals surface area contributed by atoms with Crippen molar-refractivity contribution in [2.75, 3.05) is 6.61 Å². The highest BCUT2D eigenvalue weighted by Crippen LogP contribution is 2.24. The molecule has 3 aromatic rings. The molecule has 0 N–H and O–H groups in total. The van der Waals surface area contributed by atoms with Crippen molar-refractivity contribution in [3.8, 4) is 11.3 Å². The van der Waals surface area contributed by atoms with Crippen LogP contribution in [0, 0.1) is 18.6 Å². The van der Waals surface area contributed by atoms with Crippen molar-refractivity contribution in [1.29, 1.82) is 0 Å². The van der Waals surface area contributed by atoms with E-state index in [4.69, 9.17) is 4.74 Å². The van der Waals surface area contributed by atoms with E-state index in [1.54, 1.807) is 0 Å². The summed E-state index contributed by atoms with van der Waals surface area (Å²) in [6, 6.07) is 11.7. The Morgan fingerprint density at radius 1 is 1.19 bits per heavy atom. The number of nitrogens with zero attached hydrogens (tertiary/aromatic N) is 2. The highest BCUT2D eigenvalue weighted by molar-refractivity contribution is 7.07. The highest BCUT2D eigenvalue weighted by atomic mass is 32.1. The first-order chi connectivity index (χ1) is 13.1. The summed E-state index contributed by atoms with van der Waals surface area (Å²) in [7, 11) is 0. The molecule has 140 valence electrons. The Labute approximate surface area is 160 Å². The molecule has 0 bridgehead atoms. The van der Waals surface area contributed by atoms with Crippen LogP contribution in [0.5, 0.6) is 0 Å². The zero-order valence-corrected chi connectivity index (χ0v) is 15.8. The zero-order chi connectivity index (χ0) is 18.8. The van der Waals surface area contributed by atoms with E-state index >= 15 is 0 Å². The summed E-state index contributed by atoms with van der Waals surface area (Å²) in [5, 5.41) is 2.03. The second-order valence-electron chi connectivity index (χ2n) is 6.72. The smallest absolute Gasteiger partial charge is 0.190 e. The normalized spacial score (nSPS) is 17.6. The molecule has 1 unspecified atom stereocenters. The molecule has 0 amide bonds. The van der Waals surface area contributed by atoms with Crippen LogP contribution in [0.25, 0.3) is 11.3 Å². The Morgan fingerprint density at radius 3 is 2.70 bits per heavy atom. The fourth-order valence-electron chi connectivity index (χ4n) is 3.22. The van der Waals surface area contributed by atoms with Gasteiger partial charge in [-0.1, -0.05) is 29.8 Å². The maximum Gasteiger partial charge on any atom is 0.190 e. The molecule has 1 saturated heterocycles. The quantitative estimate of drug-likeness (QED) is 0.604. The number of rotatable bonds is 4. The van der Waals surface area contributed by atoms with Gasteiger partial charge in [0.2, 0.25) is 0 Å². The van der Waals surface area contributed by atoms with Crippen LogP contribution in [0.3, 0.4) is 0 Å². The monoisotopic (exact) mass is 386 g/mol. The van der Waals surface area contributed by atoms with Crippen LogP contribution >= 0.6 is 11.3 Å². The van der Waals surface area contributed by atoms with Gasteiger partial charge in [-0.2, -0.15) is 0 Å². The van der Waals surface area contributed by atoms with Crippen LogP contribution in [0.15, 0.2) is 52.8 Å². The summed E-state index contributed by atoms with van der Waals surface area (Å²) in [5.41, 5.74) is 3.43. The molecule has 4 rings (SSSR count). The van der Waals surface area contributed by atoms with E-state index < -0.39 is 11.6 Å². The van der Waals surface area contributed by atoms with Crippen LogP contribution in [0.2, 0.25) is 0 Å². The van der Waals surface area contributed by atoms with Crippen molar-refractivity contribution in [1.82, 2.24) is 4.57 Å². The lowest BCUT2D eigenvalue weighted by atomic mass is 10.1. The number of benzene rings is 2. The van der Waals surface area contributed by atoms with Gasteiger partial charge < -0.3 is 9.30 Å². The third kappa shape index (κ3) is 4.01. The highest BCUT2D eigenvalue weighted by Gasteiger charge is 2.19. The van der Waals surface area contributed by atoms with Crippen LogP contribution in [-0.4, -0.2) is 17.3 Å². The van der Waals surface area contributed by atoms with Gasteiger partial charge in [0, 0.05) is 18.1 Å². The minimum Gasteiger partial charge on any atom is -0.376 e. The summed E-state index contributed by atoms with van der Waals surface area (Å²) >= 11 is 1.45. The number of ether oxygens (including phenoxy) is 1. The van der Waals surface area contributed by atoms with Crippen LogP contribution < -0.4 is 4.80 Å². The predicted molar refractivity (Wildman–Crippen MR) is 103 cm³/mol. The SMILES string of the molecule is Cc1ccc(-c2csc(=Nc3ccc(F)cc3F)n2CC2CCCO2)cc1. The zero-order valence-electron chi connectivity index (χ0n) is 15.0. The molecule has 27 heavy (non-hydrogen) atoms. The van der Waals surface area contributed by atoms with E-state index in [-0.39, 0.29) is 11.8 Å². The summed E-state index contributed by atoms with van der Waals surface area (Å²) < 4.78 is 35.2. The molecular weight excluding hydrogens is 366 g/mol. The van der Waals surface area contributed by atoms with Crippen molar-refractivity contribution in [2.24, 2.45) is 4.99 Å². The molecule has 0 saturated carbocycles. The van der Waals surface area contributed by atoms with Gasteiger partial charge in [-0.05, 0) is 37.5 Å². The van der Waals surface area contributed by atoms with Gasteiger partial charge >= 0.3 is 0 Å². The molecular formula is C21H20F2N2OS. The fourth-order valence-corrected chi connectivity index (χ4v) is 4.15. The second-order valence-corrected chi connectivity index (χ2v) is 7.56. The van der Waals surface area contributed by atoms with Crippen molar-refractivity contribution >= 4 is 17.0 Å². The molecule has 0 aliphatic carbocycles. The van der Waals surface area contributed by atoms with E-state index in [0.717, 1.165) is 36.8 Å². The molecule has 2 heterocycles. The van der Waals surface area contributed by atoms with Gasteiger partial charge in [-0.15, -0.1) is 11.3 Å². The molecule has 0 radical (unpaired) electrons. The predicted octanol–water partition coefficient (Wildman–Crippen LogP) is 5.21. The molecule has 0 spiro atoms. The van der Waals surface area contributed by atoms with Crippen molar-refractivity contribution in [3.63, 3.8) is 0 Å². The first-order valence-corrected chi connectivity index (χ1v) is 9.85. The minimum atomic E-state index is -0.663. The van der Waals surface area contributed by atoms with E-state index in [2.05, 4.69) is 40.7 Å². The molecule has 1 aromatic heterocycles. The first-order valence-electron chi connectivity index (χ1n) is 8.97. The standard InChI is InChI=1S/C21H20F2N2OS/c1-14-4-6-15(7-5-14)20-13-27-21(25(20)12-17-3-2-10-26-17)24-19-9-8-16(22)11-18(19)23/h4-9,11,13,17H,2-3,10,12H2,1H3. The molecule has 2 aromatic carbocycles. The van der Waals surface area contributed by atoms with Crippen LogP contribution in [0.1, 0.15) is 18.4 Å². The third-order valence-corrected chi connectivity index (χ3v) is 5.54. The number of halogens is 2. The molecule has 1 aliphatic heterocycles. The van der Waals surface area contributed by atoms with Crippen molar-refractivity contribution in [2.45, 2.75) is 32.4 Å². The first kappa shape index (κ1) is 18.1. The van der Waals surface area contributed by atoms with Gasteiger partial charge in [-0.3, -0.25) is 0 Å². The molecule has 6 heteroatoms. The number of aryl methyl sites for hydroxylation is 1. The molecule has 3 nitrogen and oxygen atoms in total. The summed E-state index contributed by atoms with van der Waals surface area (Å²) in [6.45, 7) is 3.48. The van der Waals surface area contributed by atoms with Gasteiger partial charge in [0.15, 0.2) is 10.6 Å². The average molecular weight is 386 g/mol. The number of aromatic nitrogens is 1. The Balaban J connectivity index is 1.80. The Morgan fingerprint density at radius 2 is 2.00 bits per heavy atom. The van der Waals surface area contributed by atoms with Gasteiger partial charge in [0.25, 0.3) is 0 Å². The van der Waals surface area contributed by atoms with Crippen molar-refractivity contribution < 1.29 is 13.5 Å². The summed E-state index contributed by atoms with van der Waals surface area (Å²) in [4.78, 5) is 5.14. The lowest BCUT2D eigenvalue weighted by Gasteiger charge is -2.14. The topological polar surface area (TPSA) is 26.5 Å². The number of hydrogen-bond donors (Lipinski definition) is 0. The van der Waals surface area contributed by atoms with E-state index in [0.29, 0.717) is 11.3 Å². The van der Waals surface area contributed by atoms with E-state index in [1.165, 1.54) is 29.0 Å². The third-order valence-electron chi connectivity index (χ3n) is 4.68. The number of thiazole rings is 1. The average Bonchev–Trinajstić information content (AvgIpc) is 3.29. The van der Waals surface area contributed by atoms with Crippen LogP contribution in [-0.2, 0) is 11.3 Å². The lowest BCUT2D eigenvalue weighted by Crippen LogP contribution is -2.24. The summed E-state index contributed by atoms with van der Waals surface area (Å²) in [5.74, 6) is -1.27. The van der Waals surface area contributed by atoms with Crippen LogP contribution in [0.4, 0.5) is 14.5 Å². The Hall–Kier alpha value is -2.31. The Bertz CT molecular complexity index is 1000. The van der Waals surface area contributed by atoms with Gasteiger partial charge in [0.05, 0.1) is 18.3 Å². The van der Waals surface area contributed by atoms with Crippen molar-refractivity contribution in [3.05, 3.63) is 69.8 Å². The second kappa shape index (κ2) is 7.74. The maximum absolute atomic E-state index is 14.1. The van der Waals surface area contributed by atoms with E-state index in [1.807, 2.05) is 5.38 Å². The molecule has 1 aliphatic rings. The Kier molecular flexibility index (Phi) is 5.18. The maximum atomic E-state index is 14.1. The molecule has 1 fully saturated rings.